The van der Waals surface area contributed by atoms with E-state index in [0.717, 1.165) is 18.2 Å². The lowest BCUT2D eigenvalue weighted by Crippen LogP contribution is -2.33. The SMILES string of the molecule is CC1CCCN(Cc2ccc(NC(=O)c3cc4ncccn4n3)cc2)C1. The maximum absolute atomic E-state index is 12.4. The number of carbonyl (C=O) groups excluding carboxylic acids is 1. The van der Waals surface area contributed by atoms with Crippen LogP contribution in [0.5, 0.6) is 0 Å². The Morgan fingerprint density at radius 3 is 2.92 bits per heavy atom. The van der Waals surface area contributed by atoms with Crippen LogP contribution in [0.3, 0.4) is 0 Å². The van der Waals surface area contributed by atoms with Gasteiger partial charge in [-0.2, -0.15) is 5.10 Å². The van der Waals surface area contributed by atoms with Gasteiger partial charge in [0, 0.05) is 37.2 Å². The highest BCUT2D eigenvalue weighted by Crippen LogP contribution is 2.19. The Morgan fingerprint density at radius 2 is 2.15 bits per heavy atom. The fourth-order valence-electron chi connectivity index (χ4n) is 3.52. The number of amides is 1. The number of rotatable bonds is 4. The quantitative estimate of drug-likeness (QED) is 0.786. The molecule has 2 aromatic heterocycles. The van der Waals surface area contributed by atoms with E-state index in [2.05, 4.69) is 39.4 Å². The van der Waals surface area contributed by atoms with Gasteiger partial charge < -0.3 is 5.32 Å². The van der Waals surface area contributed by atoms with Crippen molar-refractivity contribution < 1.29 is 4.79 Å². The van der Waals surface area contributed by atoms with Crippen LogP contribution in [0.2, 0.25) is 0 Å². The number of aromatic nitrogens is 3. The first kappa shape index (κ1) is 16.7. The number of benzene rings is 1. The lowest BCUT2D eigenvalue weighted by atomic mass is 10.00. The second-order valence-corrected chi connectivity index (χ2v) is 7.09. The predicted molar refractivity (Wildman–Crippen MR) is 101 cm³/mol. The molecule has 4 rings (SSSR count). The van der Waals surface area contributed by atoms with Gasteiger partial charge in [-0.15, -0.1) is 0 Å². The number of hydrogen-bond acceptors (Lipinski definition) is 4. The molecule has 1 aliphatic heterocycles. The third-order valence-electron chi connectivity index (χ3n) is 4.83. The minimum Gasteiger partial charge on any atom is -0.321 e. The summed E-state index contributed by atoms with van der Waals surface area (Å²) in [7, 11) is 0. The van der Waals surface area contributed by atoms with E-state index < -0.39 is 0 Å². The van der Waals surface area contributed by atoms with E-state index in [-0.39, 0.29) is 5.91 Å². The smallest absolute Gasteiger partial charge is 0.276 e. The summed E-state index contributed by atoms with van der Waals surface area (Å²) < 4.78 is 1.59. The first-order valence-corrected chi connectivity index (χ1v) is 9.10. The molecule has 0 aliphatic carbocycles. The molecule has 26 heavy (non-hydrogen) atoms. The van der Waals surface area contributed by atoms with Crippen molar-refractivity contribution in [2.45, 2.75) is 26.3 Å². The molecular formula is C20H23N5O. The molecular weight excluding hydrogens is 326 g/mol. The van der Waals surface area contributed by atoms with Gasteiger partial charge in [-0.1, -0.05) is 19.1 Å². The molecule has 1 atom stereocenters. The van der Waals surface area contributed by atoms with Crippen molar-refractivity contribution >= 4 is 17.2 Å². The predicted octanol–water partition coefficient (Wildman–Crippen LogP) is 3.21. The number of hydrogen-bond donors (Lipinski definition) is 1. The summed E-state index contributed by atoms with van der Waals surface area (Å²) in [5, 5.41) is 7.15. The summed E-state index contributed by atoms with van der Waals surface area (Å²) in [6.07, 6.45) is 6.07. The Labute approximate surface area is 152 Å². The van der Waals surface area contributed by atoms with Gasteiger partial charge in [0.15, 0.2) is 11.3 Å². The number of carbonyl (C=O) groups is 1. The van der Waals surface area contributed by atoms with Gasteiger partial charge in [-0.25, -0.2) is 9.50 Å². The van der Waals surface area contributed by atoms with Crippen molar-refractivity contribution in [1.82, 2.24) is 19.5 Å². The van der Waals surface area contributed by atoms with Gasteiger partial charge >= 0.3 is 0 Å². The molecule has 0 spiro atoms. The van der Waals surface area contributed by atoms with Crippen molar-refractivity contribution in [3.8, 4) is 0 Å². The molecule has 1 saturated heterocycles. The monoisotopic (exact) mass is 349 g/mol. The second kappa shape index (κ2) is 7.25. The molecule has 6 heteroatoms. The summed E-state index contributed by atoms with van der Waals surface area (Å²) in [6, 6.07) is 11.5. The Balaban J connectivity index is 1.39. The molecule has 1 fully saturated rings. The zero-order chi connectivity index (χ0) is 17.9. The fourth-order valence-corrected chi connectivity index (χ4v) is 3.52. The number of fused-ring (bicyclic) bond motifs is 1. The number of nitrogens with zero attached hydrogens (tertiary/aromatic N) is 4. The highest BCUT2D eigenvalue weighted by Gasteiger charge is 2.16. The fraction of sp³-hybridized carbons (Fsp3) is 0.350. The van der Waals surface area contributed by atoms with Gasteiger partial charge in [-0.05, 0) is 49.1 Å². The summed E-state index contributed by atoms with van der Waals surface area (Å²) in [4.78, 5) is 19.1. The van der Waals surface area contributed by atoms with E-state index in [1.165, 1.54) is 31.5 Å². The molecule has 1 amide bonds. The maximum atomic E-state index is 12.4. The molecule has 0 radical (unpaired) electrons. The normalized spacial score (nSPS) is 18.1. The van der Waals surface area contributed by atoms with Crippen LogP contribution in [0.15, 0.2) is 48.8 Å². The average molecular weight is 349 g/mol. The van der Waals surface area contributed by atoms with Crippen LogP contribution in [0, 0.1) is 5.92 Å². The summed E-state index contributed by atoms with van der Waals surface area (Å²) in [5.74, 6) is 0.551. The zero-order valence-electron chi connectivity index (χ0n) is 14.9. The largest absolute Gasteiger partial charge is 0.321 e. The van der Waals surface area contributed by atoms with Crippen molar-refractivity contribution in [2.24, 2.45) is 5.92 Å². The van der Waals surface area contributed by atoms with Crippen LogP contribution in [0.4, 0.5) is 5.69 Å². The molecule has 3 aromatic rings. The van der Waals surface area contributed by atoms with Gasteiger partial charge in [0.25, 0.3) is 5.91 Å². The molecule has 1 N–H and O–H groups in total. The number of piperidine rings is 1. The van der Waals surface area contributed by atoms with E-state index in [0.29, 0.717) is 11.3 Å². The lowest BCUT2D eigenvalue weighted by Gasteiger charge is -2.30. The second-order valence-electron chi connectivity index (χ2n) is 7.09. The topological polar surface area (TPSA) is 62.5 Å². The van der Waals surface area contributed by atoms with Gasteiger partial charge in [-0.3, -0.25) is 9.69 Å². The first-order valence-electron chi connectivity index (χ1n) is 9.10. The molecule has 1 unspecified atom stereocenters. The van der Waals surface area contributed by atoms with E-state index >= 15 is 0 Å². The van der Waals surface area contributed by atoms with Crippen LogP contribution in [0.25, 0.3) is 5.65 Å². The van der Waals surface area contributed by atoms with Crippen molar-refractivity contribution in [3.05, 3.63) is 60.0 Å². The highest BCUT2D eigenvalue weighted by atomic mass is 16.1. The molecule has 1 aromatic carbocycles. The third kappa shape index (κ3) is 3.75. The van der Waals surface area contributed by atoms with Crippen molar-refractivity contribution in [3.63, 3.8) is 0 Å². The summed E-state index contributed by atoms with van der Waals surface area (Å²) >= 11 is 0. The van der Waals surface area contributed by atoms with E-state index in [4.69, 9.17) is 0 Å². The average Bonchev–Trinajstić information content (AvgIpc) is 3.08. The van der Waals surface area contributed by atoms with E-state index in [1.807, 2.05) is 12.1 Å². The van der Waals surface area contributed by atoms with Crippen LogP contribution in [-0.4, -0.2) is 38.5 Å². The molecule has 134 valence electrons. The zero-order valence-corrected chi connectivity index (χ0v) is 14.9. The Morgan fingerprint density at radius 1 is 1.31 bits per heavy atom. The van der Waals surface area contributed by atoms with Gasteiger partial charge in [0.1, 0.15) is 0 Å². The van der Waals surface area contributed by atoms with Gasteiger partial charge in [0.05, 0.1) is 0 Å². The number of nitrogens with one attached hydrogen (secondary N) is 1. The first-order chi connectivity index (χ1) is 12.7. The Bertz CT molecular complexity index is 869. The Kier molecular flexibility index (Phi) is 4.67. The van der Waals surface area contributed by atoms with Crippen molar-refractivity contribution in [2.75, 3.05) is 18.4 Å². The minimum atomic E-state index is -0.229. The van der Waals surface area contributed by atoms with Crippen LogP contribution in [-0.2, 0) is 6.54 Å². The third-order valence-corrected chi connectivity index (χ3v) is 4.83. The Hall–Kier alpha value is -2.73. The summed E-state index contributed by atoms with van der Waals surface area (Å²) in [6.45, 7) is 5.63. The van der Waals surface area contributed by atoms with E-state index in [9.17, 15) is 4.79 Å². The number of likely N-dealkylation sites (tertiary alicyclic amines) is 1. The van der Waals surface area contributed by atoms with Crippen LogP contribution >= 0.6 is 0 Å². The summed E-state index contributed by atoms with van der Waals surface area (Å²) in [5.41, 5.74) is 3.06. The molecule has 0 saturated carbocycles. The molecule has 0 bridgehead atoms. The molecule has 3 heterocycles. The standard InChI is InChI=1S/C20H23N5O/c1-15-4-2-10-24(13-15)14-16-5-7-17(8-6-16)22-20(26)18-12-19-21-9-3-11-25(19)23-18/h3,5-9,11-12,15H,2,4,10,13-14H2,1H3,(H,22,26). The molecule has 1 aliphatic rings. The van der Waals surface area contributed by atoms with Crippen LogP contribution < -0.4 is 5.32 Å². The van der Waals surface area contributed by atoms with Crippen molar-refractivity contribution in [1.29, 1.82) is 0 Å². The molecule has 6 nitrogen and oxygen atoms in total. The highest BCUT2D eigenvalue weighted by molar-refractivity contribution is 6.03. The minimum absolute atomic E-state index is 0.229. The van der Waals surface area contributed by atoms with Crippen LogP contribution in [0.1, 0.15) is 35.8 Å². The maximum Gasteiger partial charge on any atom is 0.276 e. The lowest BCUT2D eigenvalue weighted by molar-refractivity contribution is 0.102. The van der Waals surface area contributed by atoms with E-state index in [1.54, 1.807) is 29.0 Å². The number of anilines is 1. The van der Waals surface area contributed by atoms with Gasteiger partial charge in [0.2, 0.25) is 0 Å².